The Morgan fingerprint density at radius 3 is 2.57 bits per heavy atom. The zero-order valence-corrected chi connectivity index (χ0v) is 13.7. The van der Waals surface area contributed by atoms with E-state index in [9.17, 15) is 8.42 Å². The normalized spacial score (nSPS) is 23.6. The van der Waals surface area contributed by atoms with Gasteiger partial charge in [-0.3, -0.25) is 0 Å². The van der Waals surface area contributed by atoms with Crippen molar-refractivity contribution in [3.63, 3.8) is 0 Å². The van der Waals surface area contributed by atoms with E-state index in [4.69, 9.17) is 5.73 Å². The number of nitrogens with zero attached hydrogens (tertiary/aromatic N) is 1. The van der Waals surface area contributed by atoms with E-state index in [1.165, 1.54) is 0 Å². The molecule has 2 rings (SSSR count). The summed E-state index contributed by atoms with van der Waals surface area (Å²) in [6.07, 6.45) is 0.982. The molecule has 0 aromatic heterocycles. The van der Waals surface area contributed by atoms with Crippen molar-refractivity contribution in [1.29, 1.82) is 0 Å². The molecule has 0 bridgehead atoms. The summed E-state index contributed by atoms with van der Waals surface area (Å²) in [5.74, 6) is 0.461. The van der Waals surface area contributed by atoms with Gasteiger partial charge in [0.1, 0.15) is 4.90 Å². The lowest BCUT2D eigenvalue weighted by atomic mass is 9.96. The molecule has 2 atom stereocenters. The second-order valence-electron chi connectivity index (χ2n) is 6.25. The maximum Gasteiger partial charge on any atom is 0.242 e. The molecule has 6 heteroatoms. The van der Waals surface area contributed by atoms with Gasteiger partial charge in [-0.05, 0) is 38.3 Å². The van der Waals surface area contributed by atoms with Gasteiger partial charge < -0.3 is 10.6 Å². The summed E-state index contributed by atoms with van der Waals surface area (Å²) in [6.45, 7) is 7.31. The van der Waals surface area contributed by atoms with Gasteiger partial charge in [0.25, 0.3) is 0 Å². The standard InChI is InChI=1S/C15H25N3O2S/c1-11(2)17-21(19,20)15-7-5-4-6-14(15)18-9-12(3)8-13(16)10-18/h4-7,11-13,17H,8-10,16H2,1-3H3. The highest BCUT2D eigenvalue weighted by molar-refractivity contribution is 7.89. The van der Waals surface area contributed by atoms with Gasteiger partial charge in [0, 0.05) is 25.2 Å². The van der Waals surface area contributed by atoms with Crippen molar-refractivity contribution >= 4 is 15.7 Å². The number of rotatable bonds is 4. The number of nitrogens with one attached hydrogen (secondary N) is 1. The Bertz CT molecular complexity index is 576. The van der Waals surface area contributed by atoms with E-state index in [1.54, 1.807) is 12.1 Å². The lowest BCUT2D eigenvalue weighted by molar-refractivity contribution is 0.400. The molecule has 1 aliphatic heterocycles. The van der Waals surface area contributed by atoms with Gasteiger partial charge in [-0.15, -0.1) is 0 Å². The van der Waals surface area contributed by atoms with Crippen LogP contribution in [0.15, 0.2) is 29.2 Å². The zero-order chi connectivity index (χ0) is 15.6. The summed E-state index contributed by atoms with van der Waals surface area (Å²) in [4.78, 5) is 2.42. The Balaban J connectivity index is 2.37. The average Bonchev–Trinajstić information content (AvgIpc) is 2.36. The predicted molar refractivity (Wildman–Crippen MR) is 85.9 cm³/mol. The molecular weight excluding hydrogens is 286 g/mol. The second-order valence-corrected chi connectivity index (χ2v) is 7.93. The zero-order valence-electron chi connectivity index (χ0n) is 12.9. The molecule has 2 unspecified atom stereocenters. The molecule has 5 nitrogen and oxygen atoms in total. The molecule has 0 radical (unpaired) electrons. The van der Waals surface area contributed by atoms with Crippen LogP contribution in [0.25, 0.3) is 0 Å². The van der Waals surface area contributed by atoms with Crippen molar-refractivity contribution in [1.82, 2.24) is 4.72 Å². The summed E-state index contributed by atoms with van der Waals surface area (Å²) in [7, 11) is -3.51. The number of hydrogen-bond acceptors (Lipinski definition) is 4. The van der Waals surface area contributed by atoms with Crippen LogP contribution in [0.4, 0.5) is 5.69 Å². The smallest absolute Gasteiger partial charge is 0.242 e. The molecule has 0 saturated carbocycles. The molecule has 1 fully saturated rings. The van der Waals surface area contributed by atoms with Gasteiger partial charge in [-0.2, -0.15) is 0 Å². The van der Waals surface area contributed by atoms with E-state index in [0.29, 0.717) is 17.4 Å². The molecule has 1 saturated heterocycles. The van der Waals surface area contributed by atoms with Crippen molar-refractivity contribution in [3.05, 3.63) is 24.3 Å². The van der Waals surface area contributed by atoms with Crippen LogP contribution < -0.4 is 15.4 Å². The van der Waals surface area contributed by atoms with Crippen LogP contribution in [0.3, 0.4) is 0 Å². The third-order valence-corrected chi connectivity index (χ3v) is 5.28. The van der Waals surface area contributed by atoms with E-state index < -0.39 is 10.0 Å². The van der Waals surface area contributed by atoms with Gasteiger partial charge in [0.05, 0.1) is 5.69 Å². The number of benzene rings is 1. The number of piperidine rings is 1. The summed E-state index contributed by atoms with van der Waals surface area (Å²) in [5, 5.41) is 0. The SMILES string of the molecule is CC1CC(N)CN(c2ccccc2S(=O)(=O)NC(C)C)C1. The average molecular weight is 311 g/mol. The van der Waals surface area contributed by atoms with Crippen LogP contribution in [0.2, 0.25) is 0 Å². The van der Waals surface area contributed by atoms with Gasteiger partial charge in [-0.1, -0.05) is 19.1 Å². The first-order chi connectivity index (χ1) is 9.79. The van der Waals surface area contributed by atoms with E-state index in [1.807, 2.05) is 26.0 Å². The molecule has 3 N–H and O–H groups in total. The highest BCUT2D eigenvalue weighted by Gasteiger charge is 2.27. The fourth-order valence-electron chi connectivity index (χ4n) is 2.92. The lowest BCUT2D eigenvalue weighted by Gasteiger charge is -2.37. The fraction of sp³-hybridized carbons (Fsp3) is 0.600. The van der Waals surface area contributed by atoms with Crippen LogP contribution in [-0.4, -0.2) is 33.6 Å². The third kappa shape index (κ3) is 3.96. The minimum Gasteiger partial charge on any atom is -0.369 e. The third-order valence-electron chi connectivity index (χ3n) is 3.58. The quantitative estimate of drug-likeness (QED) is 0.884. The van der Waals surface area contributed by atoms with Crippen LogP contribution in [0, 0.1) is 5.92 Å². The van der Waals surface area contributed by atoms with Crippen molar-refractivity contribution in [2.45, 2.75) is 44.2 Å². The highest BCUT2D eigenvalue weighted by Crippen LogP contribution is 2.29. The van der Waals surface area contributed by atoms with E-state index in [2.05, 4.69) is 16.5 Å². The summed E-state index contributed by atoms with van der Waals surface area (Å²) in [5.41, 5.74) is 6.83. The van der Waals surface area contributed by atoms with Crippen molar-refractivity contribution in [2.24, 2.45) is 11.7 Å². The molecule has 1 aromatic carbocycles. The molecular formula is C15H25N3O2S. The van der Waals surface area contributed by atoms with Crippen molar-refractivity contribution in [3.8, 4) is 0 Å². The first-order valence-corrected chi connectivity index (χ1v) is 8.90. The molecule has 0 aliphatic carbocycles. The number of anilines is 1. The number of hydrogen-bond donors (Lipinski definition) is 2. The topological polar surface area (TPSA) is 75.4 Å². The highest BCUT2D eigenvalue weighted by atomic mass is 32.2. The van der Waals surface area contributed by atoms with E-state index >= 15 is 0 Å². The van der Waals surface area contributed by atoms with Crippen LogP contribution in [0.1, 0.15) is 27.2 Å². The number of nitrogens with two attached hydrogens (primary N) is 1. The number of para-hydroxylation sites is 1. The minimum atomic E-state index is -3.51. The van der Waals surface area contributed by atoms with Crippen molar-refractivity contribution < 1.29 is 8.42 Å². The Hall–Kier alpha value is -1.11. The maximum absolute atomic E-state index is 12.5. The van der Waals surface area contributed by atoms with Crippen molar-refractivity contribution in [2.75, 3.05) is 18.0 Å². The molecule has 118 valence electrons. The van der Waals surface area contributed by atoms with Crippen LogP contribution >= 0.6 is 0 Å². The van der Waals surface area contributed by atoms with E-state index in [-0.39, 0.29) is 12.1 Å². The lowest BCUT2D eigenvalue weighted by Crippen LogP contribution is -2.47. The van der Waals surface area contributed by atoms with E-state index in [0.717, 1.165) is 18.7 Å². The fourth-order valence-corrected chi connectivity index (χ4v) is 4.39. The molecule has 0 amide bonds. The Labute approximate surface area is 127 Å². The second kappa shape index (κ2) is 6.34. The monoisotopic (exact) mass is 311 g/mol. The van der Waals surface area contributed by atoms with Gasteiger partial charge in [0.2, 0.25) is 10.0 Å². The predicted octanol–water partition coefficient (Wildman–Crippen LogP) is 1.55. The van der Waals surface area contributed by atoms with Crippen LogP contribution in [0.5, 0.6) is 0 Å². The largest absolute Gasteiger partial charge is 0.369 e. The van der Waals surface area contributed by atoms with Gasteiger partial charge >= 0.3 is 0 Å². The Morgan fingerprint density at radius 2 is 1.95 bits per heavy atom. The molecule has 0 spiro atoms. The minimum absolute atomic E-state index is 0.0857. The Kier molecular flexibility index (Phi) is 4.91. The maximum atomic E-state index is 12.5. The van der Waals surface area contributed by atoms with Gasteiger partial charge in [-0.25, -0.2) is 13.1 Å². The first kappa shape index (κ1) is 16.3. The summed E-state index contributed by atoms with van der Waals surface area (Å²) < 4.78 is 27.7. The molecule has 21 heavy (non-hydrogen) atoms. The molecule has 1 aromatic rings. The Morgan fingerprint density at radius 1 is 1.29 bits per heavy atom. The molecule has 1 heterocycles. The van der Waals surface area contributed by atoms with Gasteiger partial charge in [0.15, 0.2) is 0 Å². The summed E-state index contributed by atoms with van der Waals surface area (Å²) in [6, 6.07) is 7.10. The van der Waals surface area contributed by atoms with Crippen LogP contribution in [-0.2, 0) is 10.0 Å². The number of sulfonamides is 1. The molecule has 1 aliphatic rings. The first-order valence-electron chi connectivity index (χ1n) is 7.41. The summed E-state index contributed by atoms with van der Waals surface area (Å²) >= 11 is 0.